The summed E-state index contributed by atoms with van der Waals surface area (Å²) >= 11 is 2.46. The van der Waals surface area contributed by atoms with E-state index in [1.165, 1.54) is 11.8 Å². The van der Waals surface area contributed by atoms with Gasteiger partial charge in [0.2, 0.25) is 5.91 Å². The number of carbonyl (C=O) groups is 2. The van der Waals surface area contributed by atoms with Crippen molar-refractivity contribution in [3.63, 3.8) is 0 Å². The molecule has 4 rings (SSSR count). The lowest BCUT2D eigenvalue weighted by Gasteiger charge is -2.12. The summed E-state index contributed by atoms with van der Waals surface area (Å²) in [5, 5.41) is 25.5. The highest BCUT2D eigenvalue weighted by Crippen LogP contribution is 2.33. The number of thiophene rings is 1. The van der Waals surface area contributed by atoms with Crippen molar-refractivity contribution >= 4 is 45.7 Å². The number of esters is 1. The molecule has 212 valence electrons. The Balaban J connectivity index is 1.42. The molecule has 0 aliphatic heterocycles. The minimum atomic E-state index is -0.504. The third-order valence-corrected chi connectivity index (χ3v) is 7.98. The van der Waals surface area contributed by atoms with Gasteiger partial charge in [0, 0.05) is 23.5 Å². The second-order valence-corrected chi connectivity index (χ2v) is 10.7. The van der Waals surface area contributed by atoms with E-state index in [1.807, 2.05) is 66.1 Å². The quantitative estimate of drug-likeness (QED) is 0.146. The van der Waals surface area contributed by atoms with E-state index >= 15 is 0 Å². The van der Waals surface area contributed by atoms with Gasteiger partial charge in [0.05, 0.1) is 25.3 Å². The molecule has 1 amide bonds. The highest BCUT2D eigenvalue weighted by atomic mass is 32.2. The van der Waals surface area contributed by atoms with Crippen LogP contribution in [0.3, 0.4) is 0 Å². The highest BCUT2D eigenvalue weighted by molar-refractivity contribution is 7.99. The predicted octanol–water partition coefficient (Wildman–Crippen LogP) is 5.82. The van der Waals surface area contributed by atoms with Gasteiger partial charge in [-0.05, 0) is 62.7 Å². The zero-order valence-corrected chi connectivity index (χ0v) is 24.6. The fourth-order valence-corrected chi connectivity index (χ4v) is 5.89. The van der Waals surface area contributed by atoms with Gasteiger partial charge < -0.3 is 20.1 Å². The maximum absolute atomic E-state index is 12.8. The number of ether oxygens (including phenoxy) is 2. The van der Waals surface area contributed by atoms with Crippen molar-refractivity contribution in [2.24, 2.45) is 0 Å². The normalized spacial score (nSPS) is 10.6. The average Bonchev–Trinajstić information content (AvgIpc) is 3.53. The van der Waals surface area contributed by atoms with Crippen molar-refractivity contribution in [2.45, 2.75) is 38.9 Å². The molecule has 12 heteroatoms. The fourth-order valence-electron chi connectivity index (χ4n) is 3.91. The van der Waals surface area contributed by atoms with Crippen molar-refractivity contribution in [2.75, 3.05) is 29.6 Å². The Morgan fingerprint density at radius 2 is 1.83 bits per heavy atom. The molecule has 0 atom stereocenters. The van der Waals surface area contributed by atoms with Crippen LogP contribution in [-0.4, -0.2) is 45.6 Å². The summed E-state index contributed by atoms with van der Waals surface area (Å²) in [4.78, 5) is 25.3. The summed E-state index contributed by atoms with van der Waals surface area (Å²) in [6.07, 6.45) is 0.169. The van der Waals surface area contributed by atoms with Crippen LogP contribution in [0.4, 0.5) is 10.7 Å². The molecule has 0 radical (unpaired) electrons. The van der Waals surface area contributed by atoms with Crippen LogP contribution >= 0.6 is 23.1 Å². The van der Waals surface area contributed by atoms with E-state index in [0.717, 1.165) is 34.3 Å². The second-order valence-electron chi connectivity index (χ2n) is 8.62. The first kappa shape index (κ1) is 29.6. The fraction of sp³-hybridized carbons (Fsp3) is 0.276. The molecule has 0 fully saturated rings. The van der Waals surface area contributed by atoms with Crippen molar-refractivity contribution < 1.29 is 19.1 Å². The number of nitrogens with one attached hydrogen (secondary N) is 2. The van der Waals surface area contributed by atoms with E-state index in [2.05, 4.69) is 26.9 Å². The van der Waals surface area contributed by atoms with E-state index < -0.39 is 5.97 Å². The van der Waals surface area contributed by atoms with Crippen LogP contribution in [0.2, 0.25) is 0 Å². The van der Waals surface area contributed by atoms with Crippen molar-refractivity contribution in [3.8, 4) is 17.5 Å². The van der Waals surface area contributed by atoms with Gasteiger partial charge in [-0.1, -0.05) is 30.0 Å². The molecule has 41 heavy (non-hydrogen) atoms. The molecule has 0 aliphatic carbocycles. The number of nitrogens with zero attached hydrogens (tertiary/aromatic N) is 4. The number of anilines is 2. The molecule has 10 nitrogen and oxygen atoms in total. The largest absolute Gasteiger partial charge is 0.494 e. The number of carbonyl (C=O) groups excluding carboxylic acids is 2. The lowest BCUT2D eigenvalue weighted by Crippen LogP contribution is -2.12. The molecule has 4 aromatic rings. The Bertz CT molecular complexity index is 1530. The summed E-state index contributed by atoms with van der Waals surface area (Å²) in [7, 11) is 0. The second kappa shape index (κ2) is 14.3. The lowest BCUT2D eigenvalue weighted by molar-refractivity contribution is -0.115. The van der Waals surface area contributed by atoms with Gasteiger partial charge in [-0.3, -0.25) is 9.36 Å². The monoisotopic (exact) mass is 590 g/mol. The molecule has 0 saturated heterocycles. The van der Waals surface area contributed by atoms with Gasteiger partial charge in [0.25, 0.3) is 0 Å². The number of aromatic nitrogens is 3. The van der Waals surface area contributed by atoms with Gasteiger partial charge in [-0.25, -0.2) is 4.79 Å². The summed E-state index contributed by atoms with van der Waals surface area (Å²) in [6, 6.07) is 19.6. The number of amides is 1. The first-order valence-corrected chi connectivity index (χ1v) is 14.8. The first-order chi connectivity index (χ1) is 19.9. The third-order valence-electron chi connectivity index (χ3n) is 5.86. The van der Waals surface area contributed by atoms with E-state index in [-0.39, 0.29) is 24.5 Å². The van der Waals surface area contributed by atoms with Gasteiger partial charge in [-0.2, -0.15) is 5.26 Å². The first-order valence-electron chi connectivity index (χ1n) is 13.0. The number of thioether (sulfide) groups is 1. The Morgan fingerprint density at radius 3 is 2.51 bits per heavy atom. The molecule has 2 aromatic heterocycles. The molecular weight excluding hydrogens is 560 g/mol. The Labute approximate surface area is 246 Å². The average molecular weight is 591 g/mol. The number of para-hydroxylation sites is 1. The standard InChI is InChI=1S/C29H30N6O4S2/c1-4-38-22-13-11-20(12-14-22)31-18-24-33-34-29(35(24)21-9-7-6-8-10-21)40-16-15-25(36)32-27-23(17-30)19(3)26(41-27)28(37)39-5-2/h6-14,31H,4-5,15-16,18H2,1-3H3,(H,32,36). The van der Waals surface area contributed by atoms with Crippen LogP contribution in [0.25, 0.3) is 5.69 Å². The maximum Gasteiger partial charge on any atom is 0.348 e. The van der Waals surface area contributed by atoms with Crippen LogP contribution in [-0.2, 0) is 16.1 Å². The maximum atomic E-state index is 12.8. The number of benzene rings is 2. The summed E-state index contributed by atoms with van der Waals surface area (Å²) in [5.41, 5.74) is 2.61. The van der Waals surface area contributed by atoms with E-state index in [0.29, 0.717) is 39.5 Å². The molecule has 0 unspecified atom stereocenters. The number of hydrogen-bond acceptors (Lipinski definition) is 10. The number of rotatable bonds is 13. The topological polar surface area (TPSA) is 131 Å². The van der Waals surface area contributed by atoms with Crippen LogP contribution in [0, 0.1) is 18.3 Å². The van der Waals surface area contributed by atoms with Crippen LogP contribution in [0.5, 0.6) is 5.75 Å². The van der Waals surface area contributed by atoms with Crippen LogP contribution < -0.4 is 15.4 Å². The van der Waals surface area contributed by atoms with Crippen LogP contribution in [0.15, 0.2) is 59.8 Å². The number of hydrogen-bond donors (Lipinski definition) is 2. The molecule has 0 aliphatic rings. The Kier molecular flexibility index (Phi) is 10.4. The van der Waals surface area contributed by atoms with Gasteiger partial charge in [0.1, 0.15) is 21.7 Å². The SMILES string of the molecule is CCOC(=O)c1sc(NC(=O)CCSc2nnc(CNc3ccc(OCC)cc3)n2-c2ccccc2)c(C#N)c1C. The minimum Gasteiger partial charge on any atom is -0.494 e. The minimum absolute atomic E-state index is 0.169. The predicted molar refractivity (Wildman–Crippen MR) is 160 cm³/mol. The van der Waals surface area contributed by atoms with Crippen molar-refractivity contribution in [1.82, 2.24) is 14.8 Å². The lowest BCUT2D eigenvalue weighted by atomic mass is 10.2. The van der Waals surface area contributed by atoms with E-state index in [1.54, 1.807) is 13.8 Å². The zero-order valence-electron chi connectivity index (χ0n) is 23.0. The highest BCUT2D eigenvalue weighted by Gasteiger charge is 2.22. The molecule has 2 heterocycles. The summed E-state index contributed by atoms with van der Waals surface area (Å²) in [5.74, 6) is 1.19. The molecular formula is C29H30N6O4S2. The molecule has 2 aromatic carbocycles. The third kappa shape index (κ3) is 7.45. The summed E-state index contributed by atoms with van der Waals surface area (Å²) < 4.78 is 12.5. The Morgan fingerprint density at radius 1 is 1.07 bits per heavy atom. The van der Waals surface area contributed by atoms with Crippen LogP contribution in [0.1, 0.15) is 46.9 Å². The number of nitriles is 1. The van der Waals surface area contributed by atoms with E-state index in [4.69, 9.17) is 9.47 Å². The molecule has 2 N–H and O–H groups in total. The van der Waals surface area contributed by atoms with Crippen molar-refractivity contribution in [1.29, 1.82) is 5.26 Å². The van der Waals surface area contributed by atoms with Gasteiger partial charge >= 0.3 is 5.97 Å². The zero-order chi connectivity index (χ0) is 29.2. The molecule has 0 bridgehead atoms. The Hall–Kier alpha value is -4.34. The van der Waals surface area contributed by atoms with E-state index in [9.17, 15) is 14.9 Å². The van der Waals surface area contributed by atoms with Crippen molar-refractivity contribution in [3.05, 3.63) is 76.4 Å². The smallest absolute Gasteiger partial charge is 0.348 e. The van der Waals surface area contributed by atoms with Gasteiger partial charge in [0.15, 0.2) is 11.0 Å². The summed E-state index contributed by atoms with van der Waals surface area (Å²) in [6.45, 7) is 6.61. The van der Waals surface area contributed by atoms with Gasteiger partial charge in [-0.15, -0.1) is 21.5 Å². The molecule has 0 saturated carbocycles. The molecule has 0 spiro atoms.